The molecule has 4 nitrogen and oxygen atoms in total. The third kappa shape index (κ3) is 6.04. The number of benzene rings is 1. The van der Waals surface area contributed by atoms with Crippen molar-refractivity contribution in [3.05, 3.63) is 29.8 Å². The molecule has 2 rings (SSSR count). The monoisotopic (exact) mass is 292 g/mol. The van der Waals surface area contributed by atoms with Crippen LogP contribution in [0.15, 0.2) is 24.3 Å². The molecule has 0 spiro atoms. The Kier molecular flexibility index (Phi) is 6.49. The van der Waals surface area contributed by atoms with Gasteiger partial charge in [0.05, 0.1) is 0 Å². The molecule has 0 radical (unpaired) electrons. The Labute approximate surface area is 128 Å². The summed E-state index contributed by atoms with van der Waals surface area (Å²) in [6.07, 6.45) is 3.20. The van der Waals surface area contributed by atoms with Crippen molar-refractivity contribution in [1.82, 2.24) is 10.2 Å². The van der Waals surface area contributed by atoms with E-state index in [1.807, 2.05) is 18.2 Å². The SMILES string of the molecule is CCc1cccc(OCC(O)CNCCN(C)C2CC2)c1. The number of rotatable bonds is 10. The highest BCUT2D eigenvalue weighted by atomic mass is 16.5. The molecule has 2 N–H and O–H groups in total. The van der Waals surface area contributed by atoms with Crippen molar-refractivity contribution >= 4 is 0 Å². The number of nitrogens with zero attached hydrogens (tertiary/aromatic N) is 1. The van der Waals surface area contributed by atoms with E-state index in [-0.39, 0.29) is 0 Å². The minimum Gasteiger partial charge on any atom is -0.491 e. The summed E-state index contributed by atoms with van der Waals surface area (Å²) in [5.41, 5.74) is 1.25. The summed E-state index contributed by atoms with van der Waals surface area (Å²) in [5.74, 6) is 0.835. The van der Waals surface area contributed by atoms with E-state index in [0.29, 0.717) is 13.2 Å². The smallest absolute Gasteiger partial charge is 0.119 e. The molecule has 1 fully saturated rings. The molecule has 1 aliphatic carbocycles. The highest BCUT2D eigenvalue weighted by Crippen LogP contribution is 2.24. The van der Waals surface area contributed by atoms with Gasteiger partial charge in [-0.05, 0) is 44.0 Å². The lowest BCUT2D eigenvalue weighted by Crippen LogP contribution is -2.36. The number of aliphatic hydroxyl groups is 1. The van der Waals surface area contributed by atoms with Gasteiger partial charge in [-0.1, -0.05) is 19.1 Å². The Bertz CT molecular complexity index is 421. The number of hydrogen-bond donors (Lipinski definition) is 2. The summed E-state index contributed by atoms with van der Waals surface area (Å²) in [4.78, 5) is 2.38. The Morgan fingerprint density at radius 2 is 2.24 bits per heavy atom. The largest absolute Gasteiger partial charge is 0.491 e. The molecule has 0 aliphatic heterocycles. The van der Waals surface area contributed by atoms with Gasteiger partial charge >= 0.3 is 0 Å². The lowest BCUT2D eigenvalue weighted by Gasteiger charge is -2.17. The maximum atomic E-state index is 9.92. The highest BCUT2D eigenvalue weighted by Gasteiger charge is 2.25. The van der Waals surface area contributed by atoms with Gasteiger partial charge in [-0.25, -0.2) is 0 Å². The van der Waals surface area contributed by atoms with Crippen LogP contribution in [0.2, 0.25) is 0 Å². The molecule has 0 heterocycles. The summed E-state index contributed by atoms with van der Waals surface area (Å²) in [6, 6.07) is 8.84. The first-order valence-corrected chi connectivity index (χ1v) is 7.99. The number of hydrogen-bond acceptors (Lipinski definition) is 4. The van der Waals surface area contributed by atoms with Gasteiger partial charge in [0.2, 0.25) is 0 Å². The Balaban J connectivity index is 1.57. The van der Waals surface area contributed by atoms with Crippen LogP contribution in [0.3, 0.4) is 0 Å². The average molecular weight is 292 g/mol. The van der Waals surface area contributed by atoms with Crippen LogP contribution in [0.1, 0.15) is 25.3 Å². The summed E-state index contributed by atoms with van der Waals surface area (Å²) >= 11 is 0. The van der Waals surface area contributed by atoms with Gasteiger partial charge in [-0.3, -0.25) is 0 Å². The third-order valence-corrected chi connectivity index (χ3v) is 3.94. The van der Waals surface area contributed by atoms with Gasteiger partial charge < -0.3 is 20.1 Å². The summed E-state index contributed by atoms with van der Waals surface area (Å²) in [6.45, 7) is 4.98. The van der Waals surface area contributed by atoms with E-state index in [2.05, 4.69) is 30.3 Å². The molecule has 1 aliphatic rings. The third-order valence-electron chi connectivity index (χ3n) is 3.94. The van der Waals surface area contributed by atoms with Crippen LogP contribution < -0.4 is 10.1 Å². The van der Waals surface area contributed by atoms with E-state index < -0.39 is 6.10 Å². The number of nitrogens with one attached hydrogen (secondary N) is 1. The first-order chi connectivity index (χ1) is 10.2. The minimum atomic E-state index is -0.471. The molecule has 0 saturated heterocycles. The van der Waals surface area contributed by atoms with Crippen molar-refractivity contribution < 1.29 is 9.84 Å². The standard InChI is InChI=1S/C17H28N2O2/c1-3-14-5-4-6-17(11-14)21-13-16(20)12-18-9-10-19(2)15-7-8-15/h4-6,11,15-16,18,20H,3,7-10,12-13H2,1-2H3. The van der Waals surface area contributed by atoms with Crippen LogP contribution in [-0.2, 0) is 6.42 Å². The molecular formula is C17H28N2O2. The van der Waals surface area contributed by atoms with E-state index in [4.69, 9.17) is 4.74 Å². The molecule has 0 amide bonds. The number of aryl methyl sites for hydroxylation is 1. The quantitative estimate of drug-likeness (QED) is 0.644. The molecule has 0 aromatic heterocycles. The van der Waals surface area contributed by atoms with Gasteiger partial charge in [0.15, 0.2) is 0 Å². The van der Waals surface area contributed by atoms with E-state index >= 15 is 0 Å². The van der Waals surface area contributed by atoms with E-state index in [1.165, 1.54) is 18.4 Å². The van der Waals surface area contributed by atoms with E-state index in [9.17, 15) is 5.11 Å². The minimum absolute atomic E-state index is 0.332. The molecule has 21 heavy (non-hydrogen) atoms. The number of aliphatic hydroxyl groups excluding tert-OH is 1. The van der Waals surface area contributed by atoms with Gasteiger partial charge in [0.25, 0.3) is 0 Å². The summed E-state index contributed by atoms with van der Waals surface area (Å²) in [7, 11) is 2.17. The van der Waals surface area contributed by atoms with Gasteiger partial charge in [0, 0.05) is 25.7 Å². The maximum Gasteiger partial charge on any atom is 0.119 e. The molecule has 0 bridgehead atoms. The van der Waals surface area contributed by atoms with E-state index in [0.717, 1.165) is 31.3 Å². The second-order valence-corrected chi connectivity index (χ2v) is 5.88. The van der Waals surface area contributed by atoms with Crippen molar-refractivity contribution in [3.63, 3.8) is 0 Å². The predicted molar refractivity (Wildman–Crippen MR) is 85.8 cm³/mol. The van der Waals surface area contributed by atoms with Crippen LogP contribution in [0, 0.1) is 0 Å². The normalized spacial score (nSPS) is 16.2. The zero-order chi connectivity index (χ0) is 15.1. The second kappa shape index (κ2) is 8.37. The van der Waals surface area contributed by atoms with Crippen LogP contribution in [-0.4, -0.2) is 55.4 Å². The van der Waals surface area contributed by atoms with Gasteiger partial charge in [-0.2, -0.15) is 0 Å². The molecule has 1 atom stereocenters. The van der Waals surface area contributed by atoms with Crippen molar-refractivity contribution in [2.75, 3.05) is 33.3 Å². The van der Waals surface area contributed by atoms with Crippen molar-refractivity contribution in [2.24, 2.45) is 0 Å². The van der Waals surface area contributed by atoms with Crippen molar-refractivity contribution in [1.29, 1.82) is 0 Å². The molecule has 1 saturated carbocycles. The molecule has 118 valence electrons. The molecule has 1 aromatic carbocycles. The van der Waals surface area contributed by atoms with Crippen molar-refractivity contribution in [3.8, 4) is 5.75 Å². The zero-order valence-electron chi connectivity index (χ0n) is 13.2. The van der Waals surface area contributed by atoms with E-state index in [1.54, 1.807) is 0 Å². The number of ether oxygens (including phenoxy) is 1. The molecule has 1 unspecified atom stereocenters. The van der Waals surface area contributed by atoms with Crippen molar-refractivity contribution in [2.45, 2.75) is 38.3 Å². The molecule has 1 aromatic rings. The van der Waals surface area contributed by atoms with Crippen LogP contribution in [0.5, 0.6) is 5.75 Å². The van der Waals surface area contributed by atoms with Gasteiger partial charge in [0.1, 0.15) is 18.5 Å². The fraction of sp³-hybridized carbons (Fsp3) is 0.647. The molecular weight excluding hydrogens is 264 g/mol. The summed E-state index contributed by atoms with van der Waals surface area (Å²) in [5, 5.41) is 13.2. The summed E-state index contributed by atoms with van der Waals surface area (Å²) < 4.78 is 5.64. The topological polar surface area (TPSA) is 44.7 Å². The predicted octanol–water partition coefficient (Wildman–Crippen LogP) is 1.67. The second-order valence-electron chi connectivity index (χ2n) is 5.88. The Hall–Kier alpha value is -1.10. The maximum absolute atomic E-state index is 9.92. The first-order valence-electron chi connectivity index (χ1n) is 7.99. The zero-order valence-corrected chi connectivity index (χ0v) is 13.2. The lowest BCUT2D eigenvalue weighted by atomic mass is 10.2. The Morgan fingerprint density at radius 3 is 2.95 bits per heavy atom. The first kappa shape index (κ1) is 16.3. The highest BCUT2D eigenvalue weighted by molar-refractivity contribution is 5.28. The molecule has 4 heteroatoms. The van der Waals surface area contributed by atoms with Gasteiger partial charge in [-0.15, -0.1) is 0 Å². The van der Waals surface area contributed by atoms with Crippen LogP contribution in [0.25, 0.3) is 0 Å². The lowest BCUT2D eigenvalue weighted by molar-refractivity contribution is 0.106. The average Bonchev–Trinajstić information content (AvgIpc) is 3.34. The Morgan fingerprint density at radius 1 is 1.43 bits per heavy atom. The fourth-order valence-corrected chi connectivity index (χ4v) is 2.33. The fourth-order valence-electron chi connectivity index (χ4n) is 2.33. The number of likely N-dealkylation sites (N-methyl/N-ethyl adjacent to an activating group) is 1. The van der Waals surface area contributed by atoms with Crippen LogP contribution >= 0.6 is 0 Å². The van der Waals surface area contributed by atoms with Crippen LogP contribution in [0.4, 0.5) is 0 Å².